The summed E-state index contributed by atoms with van der Waals surface area (Å²) < 4.78 is 4.95. The van der Waals surface area contributed by atoms with E-state index in [2.05, 4.69) is 5.32 Å². The monoisotopic (exact) mass is 247 g/mol. The molecule has 0 atom stereocenters. The molecule has 15 heavy (non-hydrogen) atoms. The van der Waals surface area contributed by atoms with Gasteiger partial charge in [0.05, 0.1) is 16.6 Å². The van der Waals surface area contributed by atoms with Gasteiger partial charge in [-0.3, -0.25) is 5.32 Å². The van der Waals surface area contributed by atoms with E-state index in [0.717, 1.165) is 22.7 Å². The maximum absolute atomic E-state index is 11.2. The van der Waals surface area contributed by atoms with Gasteiger partial charge in [-0.1, -0.05) is 24.9 Å². The molecule has 0 bridgehead atoms. The number of anilines is 1. The van der Waals surface area contributed by atoms with Gasteiger partial charge in [-0.25, -0.2) is 4.79 Å². The lowest BCUT2D eigenvalue weighted by atomic mass is 10.4. The Labute approximate surface area is 98.4 Å². The number of carbonyl (C=O) groups excluding carboxylic acids is 1. The van der Waals surface area contributed by atoms with Gasteiger partial charge in [-0.05, 0) is 19.4 Å². The summed E-state index contributed by atoms with van der Waals surface area (Å²) in [5.41, 5.74) is 0. The number of aryl methyl sites for hydroxylation is 1. The second-order valence-corrected chi connectivity index (χ2v) is 4.79. The summed E-state index contributed by atoms with van der Waals surface area (Å²) in [5, 5.41) is 4.03. The van der Waals surface area contributed by atoms with Crippen LogP contribution in [0.5, 0.6) is 0 Å². The zero-order chi connectivity index (χ0) is 11.3. The lowest BCUT2D eigenvalue weighted by Crippen LogP contribution is -2.13. The minimum absolute atomic E-state index is 0.415. The summed E-state index contributed by atoms with van der Waals surface area (Å²) in [4.78, 5) is 12.2. The highest BCUT2D eigenvalue weighted by atomic mass is 35.5. The van der Waals surface area contributed by atoms with Crippen LogP contribution in [0.4, 0.5) is 9.80 Å². The van der Waals surface area contributed by atoms with E-state index >= 15 is 0 Å². The van der Waals surface area contributed by atoms with Gasteiger partial charge in [0, 0.05) is 4.88 Å². The van der Waals surface area contributed by atoms with Crippen LogP contribution in [0.15, 0.2) is 6.07 Å². The minimum Gasteiger partial charge on any atom is -0.449 e. The first-order valence-corrected chi connectivity index (χ1v) is 6.02. The number of thiophene rings is 1. The second kappa shape index (κ2) is 5.98. The highest BCUT2D eigenvalue weighted by molar-refractivity contribution is 7.16. The molecule has 0 spiro atoms. The number of nitrogens with one attached hydrogen (secondary N) is 1. The van der Waals surface area contributed by atoms with Crippen molar-refractivity contribution < 1.29 is 9.53 Å². The van der Waals surface area contributed by atoms with Crippen LogP contribution in [-0.2, 0) is 4.74 Å². The molecule has 1 amide bonds. The van der Waals surface area contributed by atoms with Crippen molar-refractivity contribution in [2.75, 3.05) is 11.9 Å². The molecule has 0 saturated carbocycles. The molecule has 0 radical (unpaired) electrons. The largest absolute Gasteiger partial charge is 0.449 e. The second-order valence-electron chi connectivity index (χ2n) is 3.13. The average Bonchev–Trinajstić information content (AvgIpc) is 2.46. The van der Waals surface area contributed by atoms with E-state index in [1.807, 2.05) is 13.8 Å². The quantitative estimate of drug-likeness (QED) is 0.815. The first-order valence-electron chi connectivity index (χ1n) is 4.83. The summed E-state index contributed by atoms with van der Waals surface area (Å²) >= 11 is 7.30. The number of ether oxygens (including phenoxy) is 1. The van der Waals surface area contributed by atoms with Crippen molar-refractivity contribution in [1.29, 1.82) is 0 Å². The van der Waals surface area contributed by atoms with Crippen LogP contribution in [0.2, 0.25) is 5.02 Å². The fourth-order valence-electron chi connectivity index (χ4n) is 0.967. The van der Waals surface area contributed by atoms with Crippen LogP contribution < -0.4 is 5.32 Å². The molecule has 1 aromatic heterocycles. The van der Waals surface area contributed by atoms with Crippen LogP contribution in [-0.4, -0.2) is 12.7 Å². The van der Waals surface area contributed by atoms with E-state index < -0.39 is 6.09 Å². The highest BCUT2D eigenvalue weighted by Gasteiger charge is 2.07. The average molecular weight is 248 g/mol. The molecule has 84 valence electrons. The third kappa shape index (κ3) is 4.10. The third-order valence-electron chi connectivity index (χ3n) is 1.81. The number of hydrogen-bond acceptors (Lipinski definition) is 3. The van der Waals surface area contributed by atoms with Crippen molar-refractivity contribution in [1.82, 2.24) is 0 Å². The molecule has 1 heterocycles. The summed E-state index contributed by atoms with van der Waals surface area (Å²) in [5.74, 6) is 0. The molecule has 1 aromatic rings. The van der Waals surface area contributed by atoms with Crippen LogP contribution in [0, 0.1) is 6.92 Å². The summed E-state index contributed by atoms with van der Waals surface area (Å²) in [7, 11) is 0. The molecule has 3 nitrogen and oxygen atoms in total. The molecular formula is C10H14ClNO2S. The van der Waals surface area contributed by atoms with Crippen molar-refractivity contribution in [3.05, 3.63) is 16.0 Å². The molecular weight excluding hydrogens is 234 g/mol. The zero-order valence-electron chi connectivity index (χ0n) is 8.80. The van der Waals surface area contributed by atoms with Crippen molar-refractivity contribution in [3.63, 3.8) is 0 Å². The van der Waals surface area contributed by atoms with Crippen molar-refractivity contribution in [3.8, 4) is 0 Å². The number of hydrogen-bond donors (Lipinski definition) is 1. The van der Waals surface area contributed by atoms with Crippen LogP contribution >= 0.6 is 22.9 Å². The smallest absolute Gasteiger partial charge is 0.412 e. The zero-order valence-corrected chi connectivity index (χ0v) is 10.4. The number of amides is 1. The van der Waals surface area contributed by atoms with E-state index in [1.165, 1.54) is 11.3 Å². The topological polar surface area (TPSA) is 38.3 Å². The Morgan fingerprint density at radius 3 is 2.93 bits per heavy atom. The van der Waals surface area contributed by atoms with Gasteiger partial charge < -0.3 is 4.74 Å². The number of unbranched alkanes of at least 4 members (excludes halogenated alkanes) is 1. The van der Waals surface area contributed by atoms with Gasteiger partial charge in [0.25, 0.3) is 0 Å². The molecule has 0 aliphatic carbocycles. The fourth-order valence-corrected chi connectivity index (χ4v) is 2.05. The standard InChI is InChI=1S/C10H14ClNO2S/c1-3-4-5-14-10(13)12-9-6-8(11)7(2)15-9/h6H,3-5H2,1-2H3,(H,12,13). The Hall–Kier alpha value is -0.740. The van der Waals surface area contributed by atoms with Crippen LogP contribution in [0.25, 0.3) is 0 Å². The maximum atomic E-state index is 11.2. The Morgan fingerprint density at radius 2 is 2.40 bits per heavy atom. The molecule has 0 aliphatic rings. The normalized spacial score (nSPS) is 10.1. The Morgan fingerprint density at radius 1 is 1.67 bits per heavy atom. The minimum atomic E-state index is -0.415. The molecule has 1 N–H and O–H groups in total. The van der Waals surface area contributed by atoms with E-state index in [4.69, 9.17) is 16.3 Å². The third-order valence-corrected chi connectivity index (χ3v) is 3.28. The van der Waals surface area contributed by atoms with E-state index in [0.29, 0.717) is 11.6 Å². The van der Waals surface area contributed by atoms with Gasteiger partial charge in [-0.2, -0.15) is 0 Å². The molecule has 5 heteroatoms. The first kappa shape index (κ1) is 12.3. The predicted molar refractivity (Wildman–Crippen MR) is 63.9 cm³/mol. The van der Waals surface area contributed by atoms with Gasteiger partial charge in [-0.15, -0.1) is 11.3 Å². The highest BCUT2D eigenvalue weighted by Crippen LogP contribution is 2.29. The lowest BCUT2D eigenvalue weighted by Gasteiger charge is -2.03. The van der Waals surface area contributed by atoms with Crippen molar-refractivity contribution in [2.24, 2.45) is 0 Å². The van der Waals surface area contributed by atoms with Gasteiger partial charge in [0.2, 0.25) is 0 Å². The fraction of sp³-hybridized carbons (Fsp3) is 0.500. The van der Waals surface area contributed by atoms with Crippen LogP contribution in [0.3, 0.4) is 0 Å². The van der Waals surface area contributed by atoms with Gasteiger partial charge in [0.1, 0.15) is 0 Å². The summed E-state index contributed by atoms with van der Waals surface area (Å²) in [6.45, 7) is 4.41. The number of rotatable bonds is 4. The molecule has 0 fully saturated rings. The van der Waals surface area contributed by atoms with Crippen molar-refractivity contribution in [2.45, 2.75) is 26.7 Å². The molecule has 0 saturated heterocycles. The first-order chi connectivity index (χ1) is 7.13. The SMILES string of the molecule is CCCCOC(=O)Nc1cc(Cl)c(C)s1. The Kier molecular flexibility index (Phi) is 4.91. The molecule has 0 aliphatic heterocycles. The van der Waals surface area contributed by atoms with Crippen molar-refractivity contribution >= 4 is 34.0 Å². The van der Waals surface area contributed by atoms with Gasteiger partial charge in [0.15, 0.2) is 0 Å². The number of halogens is 1. The summed E-state index contributed by atoms with van der Waals surface area (Å²) in [6, 6.07) is 1.72. The van der Waals surface area contributed by atoms with Crippen LogP contribution in [0.1, 0.15) is 24.6 Å². The lowest BCUT2D eigenvalue weighted by molar-refractivity contribution is 0.160. The predicted octanol–water partition coefficient (Wildman–Crippen LogP) is 4.06. The molecule has 0 aromatic carbocycles. The van der Waals surface area contributed by atoms with E-state index in [9.17, 15) is 4.79 Å². The van der Waals surface area contributed by atoms with E-state index in [1.54, 1.807) is 6.07 Å². The number of carbonyl (C=O) groups is 1. The maximum Gasteiger partial charge on any atom is 0.412 e. The Balaban J connectivity index is 2.37. The molecule has 1 rings (SSSR count). The Bertz CT molecular complexity index is 319. The van der Waals surface area contributed by atoms with E-state index in [-0.39, 0.29) is 0 Å². The van der Waals surface area contributed by atoms with Gasteiger partial charge >= 0.3 is 6.09 Å². The summed E-state index contributed by atoms with van der Waals surface area (Å²) in [6.07, 6.45) is 1.48. The molecule has 0 unspecified atom stereocenters.